The summed E-state index contributed by atoms with van der Waals surface area (Å²) in [6, 6.07) is 24.4. The Hall–Kier alpha value is -5.01. The van der Waals surface area contributed by atoms with E-state index in [-0.39, 0.29) is 33.9 Å². The molecule has 0 fully saturated rings. The highest BCUT2D eigenvalue weighted by molar-refractivity contribution is 7.99. The van der Waals surface area contributed by atoms with E-state index in [1.165, 1.54) is 22.7 Å². The lowest BCUT2D eigenvalue weighted by atomic mass is 9.81. The number of allylic oxidation sites excluding steroid dienone is 1. The fourth-order valence-electron chi connectivity index (χ4n) is 4.31. The van der Waals surface area contributed by atoms with Crippen LogP contribution in [0.25, 0.3) is 0 Å². The Morgan fingerprint density at radius 2 is 1.56 bits per heavy atom. The van der Waals surface area contributed by atoms with Crippen LogP contribution in [-0.4, -0.2) is 37.2 Å². The van der Waals surface area contributed by atoms with Crippen molar-refractivity contribution in [2.45, 2.75) is 15.7 Å². The molecule has 3 N–H and O–H groups in total. The van der Waals surface area contributed by atoms with Crippen LogP contribution >= 0.6 is 11.8 Å². The lowest BCUT2D eigenvalue weighted by Gasteiger charge is -2.36. The second kappa shape index (κ2) is 11.6. The van der Waals surface area contributed by atoms with Crippen molar-refractivity contribution >= 4 is 35.4 Å². The van der Waals surface area contributed by atoms with E-state index in [0.29, 0.717) is 10.5 Å². The van der Waals surface area contributed by atoms with Gasteiger partial charge in [-0.2, -0.15) is 5.26 Å². The zero-order chi connectivity index (χ0) is 28.1. The third kappa shape index (κ3) is 5.21. The predicted molar refractivity (Wildman–Crippen MR) is 144 cm³/mol. The molecule has 4 rings (SSSR count). The first-order valence-electron chi connectivity index (χ1n) is 11.6. The standard InChI is InChI=1S/C29H23N3O6S/c1-37-28(35)24-23(17-9-5-3-6-10-17)21(16-30)26(31)32(25(24)29(36)38-2)18-13-14-22(20(15-18)27(33)34)39-19-11-7-4-8-12-19/h3-15,23H,31H2,1-2H3,(H,33,34). The van der Waals surface area contributed by atoms with Crippen molar-refractivity contribution in [1.29, 1.82) is 5.26 Å². The zero-order valence-electron chi connectivity index (χ0n) is 21.0. The molecule has 0 radical (unpaired) electrons. The van der Waals surface area contributed by atoms with E-state index in [1.807, 2.05) is 30.3 Å². The first-order chi connectivity index (χ1) is 18.8. The number of carbonyl (C=O) groups is 3. The number of nitriles is 1. The molecular formula is C29H23N3O6S. The van der Waals surface area contributed by atoms with E-state index in [0.717, 1.165) is 19.1 Å². The summed E-state index contributed by atoms with van der Waals surface area (Å²) in [5, 5.41) is 20.2. The number of carboxylic acid groups (broad SMARTS) is 1. The van der Waals surface area contributed by atoms with Gasteiger partial charge >= 0.3 is 17.9 Å². The third-order valence-electron chi connectivity index (χ3n) is 6.03. The van der Waals surface area contributed by atoms with Crippen molar-refractivity contribution in [3.63, 3.8) is 0 Å². The van der Waals surface area contributed by atoms with Crippen molar-refractivity contribution in [3.8, 4) is 6.07 Å². The Morgan fingerprint density at radius 3 is 2.13 bits per heavy atom. The quantitative estimate of drug-likeness (QED) is 0.412. The molecule has 1 aliphatic rings. The van der Waals surface area contributed by atoms with Crippen molar-refractivity contribution in [3.05, 3.63) is 113 Å². The summed E-state index contributed by atoms with van der Waals surface area (Å²) in [5.41, 5.74) is 6.64. The number of hydrogen-bond acceptors (Lipinski definition) is 9. The van der Waals surface area contributed by atoms with Crippen molar-refractivity contribution < 1.29 is 29.0 Å². The second-order valence-corrected chi connectivity index (χ2v) is 9.35. The van der Waals surface area contributed by atoms with Gasteiger partial charge in [-0.3, -0.25) is 4.90 Å². The van der Waals surface area contributed by atoms with Crippen LogP contribution in [0, 0.1) is 11.3 Å². The minimum absolute atomic E-state index is 0.0196. The monoisotopic (exact) mass is 541 g/mol. The van der Waals surface area contributed by atoms with Gasteiger partial charge in [-0.1, -0.05) is 60.3 Å². The molecule has 1 unspecified atom stereocenters. The number of carboxylic acids is 1. The molecule has 0 aromatic heterocycles. The van der Waals surface area contributed by atoms with E-state index < -0.39 is 23.8 Å². The molecule has 3 aromatic carbocycles. The minimum Gasteiger partial charge on any atom is -0.478 e. The van der Waals surface area contributed by atoms with Crippen LogP contribution in [0.15, 0.2) is 111 Å². The maximum atomic E-state index is 13.2. The third-order valence-corrected chi connectivity index (χ3v) is 7.12. The normalized spacial score (nSPS) is 15.0. The summed E-state index contributed by atoms with van der Waals surface area (Å²) in [6.45, 7) is 0. The van der Waals surface area contributed by atoms with E-state index in [4.69, 9.17) is 15.2 Å². The SMILES string of the molecule is COC(=O)C1=C(C(=O)OC)N(c2ccc(Sc3ccccc3)c(C(=O)O)c2)C(N)=C(C#N)C1c1ccccc1. The highest BCUT2D eigenvalue weighted by Crippen LogP contribution is 2.44. The van der Waals surface area contributed by atoms with Crippen LogP contribution in [0.1, 0.15) is 21.8 Å². The van der Waals surface area contributed by atoms with E-state index >= 15 is 0 Å². The number of anilines is 1. The Kier molecular flexibility index (Phi) is 8.03. The zero-order valence-corrected chi connectivity index (χ0v) is 21.8. The minimum atomic E-state index is -1.21. The number of benzene rings is 3. The molecule has 3 aromatic rings. The summed E-state index contributed by atoms with van der Waals surface area (Å²) >= 11 is 1.25. The topological polar surface area (TPSA) is 143 Å². The average Bonchev–Trinajstić information content (AvgIpc) is 2.96. The van der Waals surface area contributed by atoms with Gasteiger partial charge < -0.3 is 20.3 Å². The maximum absolute atomic E-state index is 13.2. The number of aromatic carboxylic acids is 1. The fourth-order valence-corrected chi connectivity index (χ4v) is 5.25. The molecule has 0 spiro atoms. The first kappa shape index (κ1) is 27.0. The summed E-state index contributed by atoms with van der Waals surface area (Å²) in [4.78, 5) is 41.1. The van der Waals surface area contributed by atoms with Gasteiger partial charge in [0.05, 0.1) is 42.9 Å². The fraction of sp³-hybridized carbons (Fsp3) is 0.103. The molecule has 0 aliphatic carbocycles. The number of carbonyl (C=O) groups excluding carboxylic acids is 2. The summed E-state index contributed by atoms with van der Waals surface area (Å²) < 4.78 is 10.0. The average molecular weight is 542 g/mol. The summed E-state index contributed by atoms with van der Waals surface area (Å²) in [7, 11) is 2.30. The van der Waals surface area contributed by atoms with Crippen molar-refractivity contribution in [2.75, 3.05) is 19.1 Å². The number of rotatable bonds is 7. The van der Waals surface area contributed by atoms with E-state index in [9.17, 15) is 24.8 Å². The summed E-state index contributed by atoms with van der Waals surface area (Å²) in [6.07, 6.45) is 0. The molecule has 196 valence electrons. The molecule has 0 saturated heterocycles. The Morgan fingerprint density at radius 1 is 0.949 bits per heavy atom. The van der Waals surface area contributed by atoms with Gasteiger partial charge in [-0.15, -0.1) is 0 Å². The molecule has 0 saturated carbocycles. The smallest absolute Gasteiger partial charge is 0.355 e. The first-order valence-corrected chi connectivity index (χ1v) is 12.4. The molecule has 0 amide bonds. The number of nitrogens with two attached hydrogens (primary N) is 1. The molecule has 1 heterocycles. The molecule has 1 atom stereocenters. The van der Waals surface area contributed by atoms with Gasteiger partial charge in [0.2, 0.25) is 0 Å². The highest BCUT2D eigenvalue weighted by Gasteiger charge is 2.43. The Labute approximate surface area is 228 Å². The van der Waals surface area contributed by atoms with E-state index in [1.54, 1.807) is 42.5 Å². The predicted octanol–water partition coefficient (Wildman–Crippen LogP) is 4.43. The number of hydrogen-bond donors (Lipinski definition) is 2. The van der Waals surface area contributed by atoms with Crippen molar-refractivity contribution in [2.24, 2.45) is 5.73 Å². The van der Waals surface area contributed by atoms with Gasteiger partial charge in [0, 0.05) is 15.5 Å². The second-order valence-electron chi connectivity index (χ2n) is 8.24. The number of methoxy groups -OCH3 is 2. The number of ether oxygens (including phenoxy) is 2. The molecule has 39 heavy (non-hydrogen) atoms. The van der Waals surface area contributed by atoms with Crippen LogP contribution in [0.2, 0.25) is 0 Å². The van der Waals surface area contributed by atoms with Gasteiger partial charge in [0.25, 0.3) is 0 Å². The van der Waals surface area contributed by atoms with Gasteiger partial charge in [0.1, 0.15) is 11.5 Å². The van der Waals surface area contributed by atoms with Crippen LogP contribution in [0.3, 0.4) is 0 Å². The van der Waals surface area contributed by atoms with Gasteiger partial charge in [0.15, 0.2) is 0 Å². The number of nitrogens with zero attached hydrogens (tertiary/aromatic N) is 2. The Bertz CT molecular complexity index is 1540. The van der Waals surface area contributed by atoms with Crippen LogP contribution in [0.4, 0.5) is 5.69 Å². The highest BCUT2D eigenvalue weighted by atomic mass is 32.2. The number of esters is 2. The van der Waals surface area contributed by atoms with Gasteiger partial charge in [-0.05, 0) is 35.9 Å². The molecule has 0 bridgehead atoms. The molecule has 9 nitrogen and oxygen atoms in total. The molecule has 10 heteroatoms. The lowest BCUT2D eigenvalue weighted by Crippen LogP contribution is -2.40. The van der Waals surface area contributed by atoms with E-state index in [2.05, 4.69) is 6.07 Å². The van der Waals surface area contributed by atoms with Crippen LogP contribution in [-0.2, 0) is 19.1 Å². The molecular weight excluding hydrogens is 518 g/mol. The maximum Gasteiger partial charge on any atom is 0.355 e. The van der Waals surface area contributed by atoms with Crippen LogP contribution in [0.5, 0.6) is 0 Å². The van der Waals surface area contributed by atoms with Crippen molar-refractivity contribution in [1.82, 2.24) is 0 Å². The van der Waals surface area contributed by atoms with Crippen LogP contribution < -0.4 is 10.6 Å². The molecule has 1 aliphatic heterocycles. The summed E-state index contributed by atoms with van der Waals surface area (Å²) in [5.74, 6) is -4.19. The lowest BCUT2D eigenvalue weighted by molar-refractivity contribution is -0.139. The Balaban J connectivity index is 1.98. The van der Waals surface area contributed by atoms with Gasteiger partial charge in [-0.25, -0.2) is 14.4 Å². The largest absolute Gasteiger partial charge is 0.478 e.